The number of nitrogens with one attached hydrogen (secondary N) is 1. The van der Waals surface area contributed by atoms with E-state index in [1.165, 1.54) is 24.3 Å². The quantitative estimate of drug-likeness (QED) is 0.206. The van der Waals surface area contributed by atoms with E-state index in [9.17, 15) is 27.2 Å². The van der Waals surface area contributed by atoms with Crippen molar-refractivity contribution in [1.82, 2.24) is 15.1 Å². The molecule has 0 saturated heterocycles. The maximum atomic E-state index is 14.2. The molecule has 5 rings (SSSR count). The Morgan fingerprint density at radius 1 is 1.00 bits per heavy atom. The molecule has 1 aliphatic heterocycles. The van der Waals surface area contributed by atoms with Gasteiger partial charge in [-0.3, -0.25) is 14.5 Å². The Balaban J connectivity index is 1.68. The molecule has 1 N–H and O–H groups in total. The molecule has 0 radical (unpaired) electrons. The fourth-order valence-electron chi connectivity index (χ4n) is 5.51. The van der Waals surface area contributed by atoms with Crippen LogP contribution in [0, 0.1) is 11.7 Å². The van der Waals surface area contributed by atoms with Crippen LogP contribution in [0.4, 0.5) is 23.4 Å². The third kappa shape index (κ3) is 5.39. The molecule has 0 fully saturated rings. The summed E-state index contributed by atoms with van der Waals surface area (Å²) in [5.41, 5.74) is 1.61. The second-order valence-corrected chi connectivity index (χ2v) is 9.89. The van der Waals surface area contributed by atoms with Crippen LogP contribution in [-0.2, 0) is 17.5 Å². The Morgan fingerprint density at radius 2 is 1.71 bits per heavy atom. The molecule has 4 aromatic rings. The number of Topliss-reactive ketones (excluding diaryl/α,β-unsaturated/α-hetero) is 1. The van der Waals surface area contributed by atoms with E-state index in [1.807, 2.05) is 37.3 Å². The SMILES string of the molecule is CCN1C(=O)[C@@H](CC(=O)c2cccc(C(F)(F)F)c2)[C@@H](c2ccc(F)cc2)c2c(CNC)nn(-c3ccccc3)c21. The average Bonchev–Trinajstić information content (AvgIpc) is 3.33. The first-order valence-corrected chi connectivity index (χ1v) is 13.2. The second kappa shape index (κ2) is 11.3. The van der Waals surface area contributed by atoms with Gasteiger partial charge < -0.3 is 5.32 Å². The molecule has 0 unspecified atom stereocenters. The predicted molar refractivity (Wildman–Crippen MR) is 146 cm³/mol. The van der Waals surface area contributed by atoms with Crippen molar-refractivity contribution >= 4 is 17.5 Å². The first-order chi connectivity index (χ1) is 19.6. The van der Waals surface area contributed by atoms with Gasteiger partial charge in [0, 0.05) is 36.6 Å². The lowest BCUT2D eigenvalue weighted by Crippen LogP contribution is -2.45. The Kier molecular flexibility index (Phi) is 7.77. The molecule has 1 aromatic heterocycles. The van der Waals surface area contributed by atoms with Gasteiger partial charge in [0.1, 0.15) is 11.6 Å². The van der Waals surface area contributed by atoms with Crippen LogP contribution in [0.3, 0.4) is 0 Å². The van der Waals surface area contributed by atoms with Crippen molar-refractivity contribution in [3.63, 3.8) is 0 Å². The zero-order valence-electron chi connectivity index (χ0n) is 22.5. The van der Waals surface area contributed by atoms with Crippen molar-refractivity contribution in [3.05, 3.63) is 113 Å². The second-order valence-electron chi connectivity index (χ2n) is 9.89. The molecule has 2 atom stereocenters. The first-order valence-electron chi connectivity index (χ1n) is 13.2. The Morgan fingerprint density at radius 3 is 2.34 bits per heavy atom. The van der Waals surface area contributed by atoms with Crippen LogP contribution in [0.5, 0.6) is 0 Å². The van der Waals surface area contributed by atoms with E-state index < -0.39 is 35.2 Å². The number of anilines is 1. The Hall–Kier alpha value is -4.31. The summed E-state index contributed by atoms with van der Waals surface area (Å²) in [4.78, 5) is 29.2. The number of hydrogen-bond donors (Lipinski definition) is 1. The number of ketones is 1. The molecule has 212 valence electrons. The maximum Gasteiger partial charge on any atom is 0.416 e. The molecular formula is C31H28F4N4O2. The first kappa shape index (κ1) is 28.2. The van der Waals surface area contributed by atoms with Gasteiger partial charge >= 0.3 is 6.18 Å². The molecule has 6 nitrogen and oxygen atoms in total. The molecule has 10 heteroatoms. The number of aromatic nitrogens is 2. The highest BCUT2D eigenvalue weighted by molar-refractivity contribution is 6.04. The van der Waals surface area contributed by atoms with Crippen molar-refractivity contribution in [2.75, 3.05) is 18.5 Å². The van der Waals surface area contributed by atoms with Gasteiger partial charge in [0.05, 0.1) is 22.9 Å². The highest BCUT2D eigenvalue weighted by Crippen LogP contribution is 2.47. The zero-order chi connectivity index (χ0) is 29.3. The molecule has 1 amide bonds. The minimum Gasteiger partial charge on any atom is -0.314 e. The van der Waals surface area contributed by atoms with E-state index in [-0.39, 0.29) is 24.4 Å². The van der Waals surface area contributed by atoms with Crippen LogP contribution < -0.4 is 10.2 Å². The Bertz CT molecular complexity index is 1570. The third-order valence-corrected chi connectivity index (χ3v) is 7.33. The average molecular weight is 565 g/mol. The van der Waals surface area contributed by atoms with E-state index in [2.05, 4.69) is 5.32 Å². The van der Waals surface area contributed by atoms with Crippen LogP contribution in [-0.4, -0.2) is 35.1 Å². The number of hydrogen-bond acceptors (Lipinski definition) is 4. The number of carbonyl (C=O) groups excluding carboxylic acids is 2. The van der Waals surface area contributed by atoms with E-state index in [0.29, 0.717) is 29.2 Å². The maximum absolute atomic E-state index is 14.2. The van der Waals surface area contributed by atoms with Gasteiger partial charge in [0.2, 0.25) is 5.91 Å². The summed E-state index contributed by atoms with van der Waals surface area (Å²) in [6, 6.07) is 19.3. The van der Waals surface area contributed by atoms with Crippen molar-refractivity contribution in [3.8, 4) is 5.69 Å². The lowest BCUT2D eigenvalue weighted by molar-refractivity contribution is -0.137. The molecule has 0 aliphatic carbocycles. The number of carbonyl (C=O) groups is 2. The van der Waals surface area contributed by atoms with Crippen molar-refractivity contribution in [2.45, 2.75) is 32.0 Å². The topological polar surface area (TPSA) is 67.2 Å². The summed E-state index contributed by atoms with van der Waals surface area (Å²) in [6.45, 7) is 2.43. The normalized spacial score (nSPS) is 17.0. The van der Waals surface area contributed by atoms with Gasteiger partial charge in [-0.15, -0.1) is 0 Å². The van der Waals surface area contributed by atoms with Crippen LogP contribution in [0.15, 0.2) is 78.9 Å². The summed E-state index contributed by atoms with van der Waals surface area (Å²) < 4.78 is 55.8. The summed E-state index contributed by atoms with van der Waals surface area (Å²) in [5.74, 6) is -2.52. The van der Waals surface area contributed by atoms with Gasteiger partial charge in [-0.2, -0.15) is 18.3 Å². The van der Waals surface area contributed by atoms with Crippen molar-refractivity contribution < 1.29 is 27.2 Å². The molecule has 0 saturated carbocycles. The number of halogens is 4. The van der Waals surface area contributed by atoms with Crippen LogP contribution in [0.2, 0.25) is 0 Å². The monoisotopic (exact) mass is 564 g/mol. The summed E-state index contributed by atoms with van der Waals surface area (Å²) >= 11 is 0. The summed E-state index contributed by atoms with van der Waals surface area (Å²) in [5, 5.41) is 7.98. The van der Waals surface area contributed by atoms with Crippen LogP contribution in [0.25, 0.3) is 5.69 Å². The van der Waals surface area contributed by atoms with Gasteiger partial charge in [-0.25, -0.2) is 9.07 Å². The van der Waals surface area contributed by atoms with E-state index in [1.54, 1.807) is 28.8 Å². The Labute approximate surface area is 234 Å². The summed E-state index contributed by atoms with van der Waals surface area (Å²) in [6.07, 6.45) is -4.96. The van der Waals surface area contributed by atoms with Gasteiger partial charge in [0.25, 0.3) is 0 Å². The fraction of sp³-hybridized carbons (Fsp3) is 0.258. The summed E-state index contributed by atoms with van der Waals surface area (Å²) in [7, 11) is 1.76. The fourth-order valence-corrected chi connectivity index (χ4v) is 5.51. The van der Waals surface area contributed by atoms with Crippen molar-refractivity contribution in [2.24, 2.45) is 5.92 Å². The smallest absolute Gasteiger partial charge is 0.314 e. The standard InChI is InChI=1S/C31H28F4N4O2/c1-3-38-29-28(25(18-36-2)37-39(29)23-10-5-4-6-11-23)27(19-12-14-22(32)15-13-19)24(30(38)41)17-26(40)20-8-7-9-21(16-20)31(33,34)35/h4-16,24,27,36H,3,17-18H2,1-2H3/t24-,27+/m0/s1. The van der Waals surface area contributed by atoms with Gasteiger partial charge in [-0.1, -0.05) is 42.5 Å². The third-order valence-electron chi connectivity index (χ3n) is 7.33. The van der Waals surface area contributed by atoms with Crippen molar-refractivity contribution in [1.29, 1.82) is 0 Å². The number of nitrogens with zero attached hydrogens (tertiary/aromatic N) is 3. The largest absolute Gasteiger partial charge is 0.416 e. The van der Waals surface area contributed by atoms with E-state index >= 15 is 0 Å². The van der Waals surface area contributed by atoms with Gasteiger partial charge in [0.15, 0.2) is 5.78 Å². The molecule has 3 aromatic carbocycles. The molecule has 0 bridgehead atoms. The number of fused-ring (bicyclic) bond motifs is 1. The van der Waals surface area contributed by atoms with Crippen LogP contribution in [0.1, 0.15) is 52.0 Å². The highest BCUT2D eigenvalue weighted by Gasteiger charge is 2.46. The molecular weight excluding hydrogens is 536 g/mol. The van der Waals surface area contributed by atoms with E-state index in [0.717, 1.165) is 17.8 Å². The predicted octanol–water partition coefficient (Wildman–Crippen LogP) is 6.14. The molecule has 0 spiro atoms. The lowest BCUT2D eigenvalue weighted by atomic mass is 9.74. The lowest BCUT2D eigenvalue weighted by Gasteiger charge is -2.38. The number of rotatable bonds is 8. The number of para-hydroxylation sites is 1. The van der Waals surface area contributed by atoms with Crippen LogP contribution >= 0.6 is 0 Å². The number of benzene rings is 3. The minimum absolute atomic E-state index is 0.130. The number of amides is 1. The van der Waals surface area contributed by atoms with E-state index in [4.69, 9.17) is 5.10 Å². The number of alkyl halides is 3. The highest BCUT2D eigenvalue weighted by atomic mass is 19.4. The minimum atomic E-state index is -4.62. The molecule has 2 heterocycles. The van der Waals surface area contributed by atoms with Gasteiger partial charge in [-0.05, 0) is 55.9 Å². The molecule has 41 heavy (non-hydrogen) atoms. The zero-order valence-corrected chi connectivity index (χ0v) is 22.5. The molecule has 1 aliphatic rings.